The summed E-state index contributed by atoms with van der Waals surface area (Å²) < 4.78 is 4.45. The number of nitrogens with one attached hydrogen (secondary N) is 1. The molecule has 1 aliphatic heterocycles. The van der Waals surface area contributed by atoms with Crippen molar-refractivity contribution in [1.82, 2.24) is 24.2 Å². The first-order valence-electron chi connectivity index (χ1n) is 9.42. The summed E-state index contributed by atoms with van der Waals surface area (Å²) in [4.78, 5) is 27.6. The van der Waals surface area contributed by atoms with E-state index < -0.39 is 11.2 Å². The molecule has 4 rings (SSSR count). The molecule has 1 aromatic carbocycles. The van der Waals surface area contributed by atoms with Crippen molar-refractivity contribution in [3.05, 3.63) is 79.8 Å². The monoisotopic (exact) mass is 453 g/mol. The molecule has 0 saturated carbocycles. The highest BCUT2D eigenvalue weighted by Gasteiger charge is 2.20. The Kier molecular flexibility index (Phi) is 5.79. The third-order valence-corrected chi connectivity index (χ3v) is 5.42. The van der Waals surface area contributed by atoms with Crippen LogP contribution >= 0.6 is 15.9 Å². The fraction of sp³-hybridized carbons (Fsp3) is 0.286. The van der Waals surface area contributed by atoms with Crippen LogP contribution in [0, 0.1) is 11.8 Å². The van der Waals surface area contributed by atoms with Crippen LogP contribution < -0.4 is 11.2 Å². The normalized spacial score (nSPS) is 15.1. The Bertz CT molecular complexity index is 1160. The Labute approximate surface area is 176 Å². The van der Waals surface area contributed by atoms with Gasteiger partial charge < -0.3 is 0 Å². The number of benzene rings is 1. The Balaban J connectivity index is 1.33. The molecule has 1 saturated heterocycles. The van der Waals surface area contributed by atoms with Crippen molar-refractivity contribution in [2.75, 3.05) is 19.6 Å². The molecule has 3 heterocycles. The molecule has 148 valence electrons. The summed E-state index contributed by atoms with van der Waals surface area (Å²) in [5.41, 5.74) is 0.712. The van der Waals surface area contributed by atoms with Crippen molar-refractivity contribution >= 4 is 15.9 Å². The van der Waals surface area contributed by atoms with Crippen molar-refractivity contribution in [1.29, 1.82) is 0 Å². The van der Waals surface area contributed by atoms with E-state index in [-0.39, 0.29) is 0 Å². The van der Waals surface area contributed by atoms with Crippen LogP contribution in [-0.2, 0) is 0 Å². The van der Waals surface area contributed by atoms with Crippen LogP contribution in [0.3, 0.4) is 0 Å². The van der Waals surface area contributed by atoms with Crippen LogP contribution in [0.4, 0.5) is 0 Å². The molecule has 29 heavy (non-hydrogen) atoms. The van der Waals surface area contributed by atoms with Crippen molar-refractivity contribution in [2.24, 2.45) is 0 Å². The van der Waals surface area contributed by atoms with Gasteiger partial charge in [0.05, 0.1) is 28.9 Å². The quantitative estimate of drug-likeness (QED) is 0.616. The van der Waals surface area contributed by atoms with E-state index in [1.54, 1.807) is 0 Å². The average molecular weight is 454 g/mol. The Morgan fingerprint density at radius 1 is 1.14 bits per heavy atom. The summed E-state index contributed by atoms with van der Waals surface area (Å²) in [6.45, 7) is 2.74. The zero-order chi connectivity index (χ0) is 20.2. The van der Waals surface area contributed by atoms with Crippen LogP contribution in [0.25, 0.3) is 5.69 Å². The Morgan fingerprint density at radius 2 is 1.90 bits per heavy atom. The van der Waals surface area contributed by atoms with Gasteiger partial charge in [-0.25, -0.2) is 4.79 Å². The molecule has 3 aromatic rings. The Hall–Kier alpha value is -2.89. The second-order valence-corrected chi connectivity index (χ2v) is 7.89. The lowest BCUT2D eigenvalue weighted by atomic mass is 10.1. The fourth-order valence-electron chi connectivity index (χ4n) is 3.44. The predicted molar refractivity (Wildman–Crippen MR) is 114 cm³/mol. The zero-order valence-electron chi connectivity index (χ0n) is 15.7. The molecule has 1 aliphatic rings. The molecule has 0 atom stereocenters. The van der Waals surface area contributed by atoms with Gasteiger partial charge in [0, 0.05) is 37.1 Å². The molecule has 0 unspecified atom stereocenters. The van der Waals surface area contributed by atoms with Crippen LogP contribution in [0.2, 0.25) is 0 Å². The predicted octanol–water partition coefficient (Wildman–Crippen LogP) is 2.17. The summed E-state index contributed by atoms with van der Waals surface area (Å²) in [6.07, 6.45) is 7.46. The van der Waals surface area contributed by atoms with Crippen molar-refractivity contribution < 1.29 is 0 Å². The summed E-state index contributed by atoms with van der Waals surface area (Å²) in [7, 11) is 0. The van der Waals surface area contributed by atoms with Crippen molar-refractivity contribution in [3.8, 4) is 17.5 Å². The van der Waals surface area contributed by atoms with Crippen LogP contribution in [0.15, 0.2) is 63.0 Å². The molecule has 1 N–H and O–H groups in total. The molecule has 0 radical (unpaired) electrons. The van der Waals surface area contributed by atoms with Crippen molar-refractivity contribution in [3.63, 3.8) is 0 Å². The zero-order valence-corrected chi connectivity index (χ0v) is 17.3. The van der Waals surface area contributed by atoms with E-state index in [2.05, 4.69) is 42.8 Å². The van der Waals surface area contributed by atoms with Gasteiger partial charge in [-0.1, -0.05) is 11.8 Å². The van der Waals surface area contributed by atoms with Gasteiger partial charge >= 0.3 is 5.69 Å². The van der Waals surface area contributed by atoms with E-state index in [0.717, 1.165) is 42.5 Å². The standard InChI is InChI=1S/C21H20BrN5O2/c22-17-14-23-27(15-17)19-7-11-25(12-8-19)10-1-2-16-3-5-18(6-4-16)26-13-9-20(28)24-21(26)29/h3-6,9,13-15,19H,7-8,10-12H2,(H,24,28,29). The maximum Gasteiger partial charge on any atom is 0.332 e. The van der Waals surface area contributed by atoms with E-state index in [1.165, 1.54) is 16.8 Å². The molecular formula is C21H20BrN5O2. The minimum Gasteiger partial charge on any atom is -0.292 e. The van der Waals surface area contributed by atoms with Gasteiger partial charge in [-0.05, 0) is 53.0 Å². The highest BCUT2D eigenvalue weighted by molar-refractivity contribution is 9.10. The van der Waals surface area contributed by atoms with Gasteiger partial charge in [0.25, 0.3) is 5.56 Å². The summed E-state index contributed by atoms with van der Waals surface area (Å²) in [6, 6.07) is 9.16. The maximum absolute atomic E-state index is 11.9. The summed E-state index contributed by atoms with van der Waals surface area (Å²) in [5.74, 6) is 6.42. The van der Waals surface area contributed by atoms with Gasteiger partial charge in [0.1, 0.15) is 0 Å². The number of rotatable bonds is 3. The largest absolute Gasteiger partial charge is 0.332 e. The molecule has 0 aliphatic carbocycles. The lowest BCUT2D eigenvalue weighted by Gasteiger charge is -2.30. The highest BCUT2D eigenvalue weighted by atomic mass is 79.9. The number of piperidine rings is 1. The molecule has 0 bridgehead atoms. The lowest BCUT2D eigenvalue weighted by molar-refractivity contribution is 0.197. The van der Waals surface area contributed by atoms with E-state index in [4.69, 9.17) is 0 Å². The SMILES string of the molecule is O=c1ccn(-c2ccc(C#CCN3CCC(n4cc(Br)cn4)CC3)cc2)c(=O)[nH]1. The number of hydrogen-bond acceptors (Lipinski definition) is 4. The minimum atomic E-state index is -0.456. The number of likely N-dealkylation sites (tertiary alicyclic amines) is 1. The first kappa shape index (κ1) is 19.4. The maximum atomic E-state index is 11.9. The van der Waals surface area contributed by atoms with Crippen LogP contribution in [0.1, 0.15) is 24.4 Å². The first-order valence-corrected chi connectivity index (χ1v) is 10.2. The molecule has 2 aromatic heterocycles. The number of aromatic amines is 1. The third kappa shape index (κ3) is 4.75. The smallest absolute Gasteiger partial charge is 0.292 e. The molecule has 7 nitrogen and oxygen atoms in total. The lowest BCUT2D eigenvalue weighted by Crippen LogP contribution is -2.35. The van der Waals surface area contributed by atoms with E-state index in [9.17, 15) is 9.59 Å². The fourth-order valence-corrected chi connectivity index (χ4v) is 3.74. The third-order valence-electron chi connectivity index (χ3n) is 5.01. The van der Waals surface area contributed by atoms with Crippen LogP contribution in [0.5, 0.6) is 0 Å². The number of H-pyrrole nitrogens is 1. The number of hydrogen-bond donors (Lipinski definition) is 1. The summed E-state index contributed by atoms with van der Waals surface area (Å²) >= 11 is 3.45. The van der Waals surface area contributed by atoms with Gasteiger partial charge in [-0.3, -0.25) is 23.9 Å². The van der Waals surface area contributed by atoms with Gasteiger partial charge in [0.15, 0.2) is 0 Å². The molecule has 8 heteroatoms. The van der Waals surface area contributed by atoms with Gasteiger partial charge in [-0.2, -0.15) is 5.10 Å². The number of aromatic nitrogens is 4. The topological polar surface area (TPSA) is 75.9 Å². The van der Waals surface area contributed by atoms with Crippen molar-refractivity contribution in [2.45, 2.75) is 18.9 Å². The summed E-state index contributed by atoms with van der Waals surface area (Å²) in [5, 5.41) is 4.39. The minimum absolute atomic E-state index is 0.407. The molecule has 0 amide bonds. The van der Waals surface area contributed by atoms with Gasteiger partial charge in [0.2, 0.25) is 0 Å². The van der Waals surface area contributed by atoms with E-state index in [1.807, 2.05) is 41.3 Å². The van der Waals surface area contributed by atoms with E-state index in [0.29, 0.717) is 11.7 Å². The number of halogens is 1. The molecule has 0 spiro atoms. The average Bonchev–Trinajstić information content (AvgIpc) is 3.16. The van der Waals surface area contributed by atoms with E-state index >= 15 is 0 Å². The van der Waals surface area contributed by atoms with Crippen LogP contribution in [-0.4, -0.2) is 43.9 Å². The molecular weight excluding hydrogens is 434 g/mol. The van der Waals surface area contributed by atoms with Gasteiger partial charge in [-0.15, -0.1) is 0 Å². The first-order chi connectivity index (χ1) is 14.1. The second-order valence-electron chi connectivity index (χ2n) is 6.97. The highest BCUT2D eigenvalue weighted by Crippen LogP contribution is 2.22. The second kappa shape index (κ2) is 8.64. The molecule has 1 fully saturated rings. The Morgan fingerprint density at radius 3 is 2.55 bits per heavy atom. The number of nitrogens with zero attached hydrogens (tertiary/aromatic N) is 4.